The number of anilines is 1. The first-order chi connectivity index (χ1) is 14.3. The van der Waals surface area contributed by atoms with Crippen LogP contribution in [0.25, 0.3) is 11.3 Å². The maximum atomic E-state index is 13.4. The van der Waals surface area contributed by atoms with Crippen LogP contribution in [0.1, 0.15) is 27.7 Å². The van der Waals surface area contributed by atoms with Crippen molar-refractivity contribution >= 4 is 11.6 Å². The molecule has 0 spiro atoms. The third kappa shape index (κ3) is 2.79. The Morgan fingerprint density at radius 2 is 1.55 bits per heavy atom. The lowest BCUT2D eigenvalue weighted by Crippen LogP contribution is -2.29. The molecule has 1 atom stereocenters. The number of H-pyrrole nitrogens is 1. The van der Waals surface area contributed by atoms with Gasteiger partial charge in [-0.1, -0.05) is 60.7 Å². The van der Waals surface area contributed by atoms with Gasteiger partial charge in [-0.2, -0.15) is 5.10 Å². The van der Waals surface area contributed by atoms with E-state index in [-0.39, 0.29) is 11.9 Å². The van der Waals surface area contributed by atoms with Crippen molar-refractivity contribution in [2.24, 2.45) is 0 Å². The number of carbonyl (C=O) groups is 1. The van der Waals surface area contributed by atoms with Crippen LogP contribution in [-0.2, 0) is 0 Å². The average molecular weight is 381 g/mol. The minimum atomic E-state index is -0.278. The van der Waals surface area contributed by atoms with Crippen LogP contribution in [0, 0.1) is 0 Å². The maximum Gasteiger partial charge on any atom is 0.277 e. The summed E-state index contributed by atoms with van der Waals surface area (Å²) < 4.78 is 5.31. The van der Waals surface area contributed by atoms with E-state index in [1.165, 1.54) is 0 Å². The SMILES string of the molecule is COc1ccc(C2c3c(-c4ccccc4)n[nH]c3C(=O)N2c2ccccc2)cc1. The predicted molar refractivity (Wildman–Crippen MR) is 112 cm³/mol. The number of rotatable bonds is 4. The molecule has 1 unspecified atom stereocenters. The van der Waals surface area contributed by atoms with Crippen LogP contribution in [0.2, 0.25) is 0 Å². The molecule has 29 heavy (non-hydrogen) atoms. The van der Waals surface area contributed by atoms with E-state index in [2.05, 4.69) is 10.2 Å². The maximum absolute atomic E-state index is 13.4. The molecule has 0 aliphatic carbocycles. The van der Waals surface area contributed by atoms with Crippen molar-refractivity contribution in [3.63, 3.8) is 0 Å². The van der Waals surface area contributed by atoms with Crippen LogP contribution in [0.5, 0.6) is 5.75 Å². The number of carbonyl (C=O) groups excluding carboxylic acids is 1. The van der Waals surface area contributed by atoms with Crippen LogP contribution in [-0.4, -0.2) is 23.2 Å². The first kappa shape index (κ1) is 17.3. The van der Waals surface area contributed by atoms with Gasteiger partial charge in [0.05, 0.1) is 18.8 Å². The molecule has 0 saturated carbocycles. The van der Waals surface area contributed by atoms with Crippen LogP contribution in [0.15, 0.2) is 84.9 Å². The molecule has 5 heteroatoms. The van der Waals surface area contributed by atoms with Crippen molar-refractivity contribution in [3.05, 3.63) is 102 Å². The molecule has 1 aromatic heterocycles. The highest BCUT2D eigenvalue weighted by Gasteiger charge is 2.42. The van der Waals surface area contributed by atoms with E-state index >= 15 is 0 Å². The molecule has 0 fully saturated rings. The van der Waals surface area contributed by atoms with E-state index in [0.717, 1.165) is 33.8 Å². The minimum Gasteiger partial charge on any atom is -0.497 e. The van der Waals surface area contributed by atoms with E-state index < -0.39 is 0 Å². The van der Waals surface area contributed by atoms with Crippen molar-refractivity contribution in [2.75, 3.05) is 12.0 Å². The van der Waals surface area contributed by atoms with Crippen LogP contribution < -0.4 is 9.64 Å². The fraction of sp³-hybridized carbons (Fsp3) is 0.0833. The van der Waals surface area contributed by atoms with Crippen molar-refractivity contribution in [3.8, 4) is 17.0 Å². The lowest BCUT2D eigenvalue weighted by Gasteiger charge is -2.26. The number of ether oxygens (including phenoxy) is 1. The summed E-state index contributed by atoms with van der Waals surface area (Å²) in [6, 6.07) is 27.3. The molecular weight excluding hydrogens is 362 g/mol. The third-order valence-corrected chi connectivity index (χ3v) is 5.28. The number of nitrogens with one attached hydrogen (secondary N) is 1. The largest absolute Gasteiger partial charge is 0.497 e. The van der Waals surface area contributed by atoms with Gasteiger partial charge in [-0.15, -0.1) is 0 Å². The molecule has 1 aliphatic rings. The highest BCUT2D eigenvalue weighted by molar-refractivity contribution is 6.11. The number of nitrogens with zero attached hydrogens (tertiary/aromatic N) is 2. The topological polar surface area (TPSA) is 58.2 Å². The van der Waals surface area contributed by atoms with Crippen molar-refractivity contribution in [1.29, 1.82) is 0 Å². The molecule has 5 nitrogen and oxygen atoms in total. The first-order valence-corrected chi connectivity index (χ1v) is 9.44. The summed E-state index contributed by atoms with van der Waals surface area (Å²) in [5.74, 6) is 0.696. The summed E-state index contributed by atoms with van der Waals surface area (Å²) in [4.78, 5) is 15.2. The highest BCUT2D eigenvalue weighted by atomic mass is 16.5. The number of amides is 1. The zero-order valence-electron chi connectivity index (χ0n) is 15.9. The number of hydrogen-bond acceptors (Lipinski definition) is 3. The van der Waals surface area contributed by atoms with Gasteiger partial charge in [0.15, 0.2) is 0 Å². The number of methoxy groups -OCH3 is 1. The summed E-state index contributed by atoms with van der Waals surface area (Å²) in [6.45, 7) is 0. The molecule has 0 radical (unpaired) electrons. The van der Waals surface area contributed by atoms with Gasteiger partial charge < -0.3 is 4.74 Å². The monoisotopic (exact) mass is 381 g/mol. The average Bonchev–Trinajstić information content (AvgIpc) is 3.34. The number of fused-ring (bicyclic) bond motifs is 1. The van der Waals surface area contributed by atoms with Crippen molar-refractivity contribution in [2.45, 2.75) is 6.04 Å². The molecule has 0 bridgehead atoms. The second-order valence-corrected chi connectivity index (χ2v) is 6.91. The van der Waals surface area contributed by atoms with Gasteiger partial charge in [0.25, 0.3) is 5.91 Å². The fourth-order valence-corrected chi connectivity index (χ4v) is 3.92. The fourth-order valence-electron chi connectivity index (χ4n) is 3.92. The number of benzene rings is 3. The van der Waals surface area contributed by atoms with Crippen molar-refractivity contribution in [1.82, 2.24) is 10.2 Å². The number of aromatic amines is 1. The van der Waals surface area contributed by atoms with Gasteiger partial charge >= 0.3 is 0 Å². The predicted octanol–water partition coefficient (Wildman–Crippen LogP) is 4.84. The van der Waals surface area contributed by atoms with Gasteiger partial charge in [0, 0.05) is 16.8 Å². The van der Waals surface area contributed by atoms with Crippen molar-refractivity contribution < 1.29 is 9.53 Å². The number of hydrogen-bond donors (Lipinski definition) is 1. The van der Waals surface area contributed by atoms with Gasteiger partial charge in [0.2, 0.25) is 0 Å². The Labute approximate surface area is 168 Å². The van der Waals surface area contributed by atoms with Crippen LogP contribution >= 0.6 is 0 Å². The molecule has 1 N–H and O–H groups in total. The van der Waals surface area contributed by atoms with Crippen LogP contribution in [0.3, 0.4) is 0 Å². The Kier molecular flexibility index (Phi) is 4.13. The molecule has 3 aromatic carbocycles. The molecule has 1 aliphatic heterocycles. The lowest BCUT2D eigenvalue weighted by atomic mass is 9.96. The highest BCUT2D eigenvalue weighted by Crippen LogP contribution is 2.45. The van der Waals surface area contributed by atoms with Gasteiger partial charge in [-0.05, 0) is 29.8 Å². The third-order valence-electron chi connectivity index (χ3n) is 5.28. The molecule has 5 rings (SSSR count). The molecule has 0 saturated heterocycles. The molecule has 4 aromatic rings. The Morgan fingerprint density at radius 1 is 0.897 bits per heavy atom. The standard InChI is InChI=1S/C24H19N3O2/c1-29-19-14-12-17(13-15-19)23-20-21(16-8-4-2-5-9-16)25-26-22(20)24(28)27(23)18-10-6-3-7-11-18/h2-15,23H,1H3,(H,25,26). The van der Waals surface area contributed by atoms with Crippen LogP contribution in [0.4, 0.5) is 5.69 Å². The van der Waals surface area contributed by atoms with E-state index in [1.54, 1.807) is 7.11 Å². The summed E-state index contributed by atoms with van der Waals surface area (Å²) in [5, 5.41) is 7.49. The number of para-hydroxylation sites is 1. The van der Waals surface area contributed by atoms with Gasteiger partial charge in [0.1, 0.15) is 11.4 Å². The zero-order valence-corrected chi connectivity index (χ0v) is 15.9. The smallest absolute Gasteiger partial charge is 0.277 e. The second-order valence-electron chi connectivity index (χ2n) is 6.91. The molecule has 2 heterocycles. The minimum absolute atomic E-state index is 0.0818. The summed E-state index contributed by atoms with van der Waals surface area (Å²) in [6.07, 6.45) is 0. The molecular formula is C24H19N3O2. The van der Waals surface area contributed by atoms with E-state index in [4.69, 9.17) is 4.74 Å². The molecule has 1 amide bonds. The summed E-state index contributed by atoms with van der Waals surface area (Å²) >= 11 is 0. The molecule has 142 valence electrons. The first-order valence-electron chi connectivity index (χ1n) is 9.44. The van der Waals surface area contributed by atoms with E-state index in [0.29, 0.717) is 5.69 Å². The van der Waals surface area contributed by atoms with E-state index in [1.807, 2.05) is 89.8 Å². The van der Waals surface area contributed by atoms with Gasteiger partial charge in [-0.25, -0.2) is 0 Å². The Bertz CT molecular complexity index is 1150. The zero-order chi connectivity index (χ0) is 19.8. The van der Waals surface area contributed by atoms with Gasteiger partial charge in [-0.3, -0.25) is 14.8 Å². The Balaban J connectivity index is 1.71. The Morgan fingerprint density at radius 3 is 2.21 bits per heavy atom. The second kappa shape index (κ2) is 6.95. The summed E-state index contributed by atoms with van der Waals surface area (Å²) in [7, 11) is 1.64. The Hall–Kier alpha value is -3.86. The summed E-state index contributed by atoms with van der Waals surface area (Å²) in [5.41, 5.74) is 5.06. The lowest BCUT2D eigenvalue weighted by molar-refractivity contribution is 0.0989. The normalized spacial score (nSPS) is 15.4. The quantitative estimate of drug-likeness (QED) is 0.551. The van der Waals surface area contributed by atoms with E-state index in [9.17, 15) is 4.79 Å². The number of aromatic nitrogens is 2.